The highest BCUT2D eigenvalue weighted by Gasteiger charge is 2.36. The van der Waals surface area contributed by atoms with Crippen molar-refractivity contribution in [3.05, 3.63) is 89.7 Å². The van der Waals surface area contributed by atoms with Gasteiger partial charge in [0.2, 0.25) is 11.8 Å². The Kier molecular flexibility index (Phi) is 8.38. The summed E-state index contributed by atoms with van der Waals surface area (Å²) in [4.78, 5) is 31.2. The van der Waals surface area contributed by atoms with Crippen molar-refractivity contribution in [1.29, 1.82) is 0 Å². The summed E-state index contributed by atoms with van der Waals surface area (Å²) in [6, 6.07) is 18.8. The number of benzene rings is 3. The summed E-state index contributed by atoms with van der Waals surface area (Å²) in [6.45, 7) is 1.87. The van der Waals surface area contributed by atoms with Crippen molar-refractivity contribution < 1.29 is 18.7 Å². The zero-order valence-electron chi connectivity index (χ0n) is 22.8. The first-order valence-corrected chi connectivity index (χ1v) is 13.7. The molecule has 1 saturated carbocycles. The number of carbonyl (C=O) groups excluding carboxylic acids is 2. The van der Waals surface area contributed by atoms with Crippen molar-refractivity contribution in [2.45, 2.75) is 63.7 Å². The predicted molar refractivity (Wildman–Crippen MR) is 150 cm³/mol. The molecule has 0 spiro atoms. The molecule has 208 valence electrons. The van der Waals surface area contributed by atoms with Gasteiger partial charge in [0.15, 0.2) is 0 Å². The lowest BCUT2D eigenvalue weighted by Crippen LogP contribution is -2.48. The fraction of sp³-hybridized carbons (Fsp3) is 0.355. The van der Waals surface area contributed by atoms with Gasteiger partial charge in [-0.1, -0.05) is 55.7 Å². The van der Waals surface area contributed by atoms with Gasteiger partial charge in [0, 0.05) is 12.6 Å². The summed E-state index contributed by atoms with van der Waals surface area (Å²) < 4.78 is 19.2. The Morgan fingerprint density at radius 3 is 2.20 bits per heavy atom. The van der Waals surface area contributed by atoms with Crippen LogP contribution in [0.1, 0.15) is 62.2 Å². The third-order valence-corrected chi connectivity index (χ3v) is 7.50. The lowest BCUT2D eigenvalue weighted by Gasteiger charge is -2.34. The number of ether oxygens (including phenoxy) is 1. The number of hydrogen-bond acceptors (Lipinski definition) is 5. The van der Waals surface area contributed by atoms with Crippen LogP contribution in [0.3, 0.4) is 0 Å². The smallest absolute Gasteiger partial charge is 0.250 e. The molecule has 0 unspecified atom stereocenters. The Balaban J connectivity index is 1.53. The van der Waals surface area contributed by atoms with Crippen LogP contribution < -0.4 is 10.1 Å². The number of nitrogens with one attached hydrogen (secondary N) is 1. The molecule has 1 aromatic heterocycles. The minimum absolute atomic E-state index is 0.0395. The van der Waals surface area contributed by atoms with Gasteiger partial charge in [0.05, 0.1) is 7.11 Å². The van der Waals surface area contributed by atoms with E-state index in [1.807, 2.05) is 48.5 Å². The number of fused-ring (bicyclic) bond motifs is 1. The van der Waals surface area contributed by atoms with E-state index in [1.54, 1.807) is 31.1 Å². The molecular formula is C31H34FN5O3. The van der Waals surface area contributed by atoms with E-state index in [4.69, 9.17) is 4.74 Å². The van der Waals surface area contributed by atoms with E-state index in [-0.39, 0.29) is 24.4 Å². The zero-order valence-corrected chi connectivity index (χ0v) is 22.8. The Morgan fingerprint density at radius 1 is 0.975 bits per heavy atom. The Bertz CT molecular complexity index is 1420. The highest BCUT2D eigenvalue weighted by Crippen LogP contribution is 2.29. The molecule has 4 aromatic rings. The van der Waals surface area contributed by atoms with Crippen LogP contribution in [0.2, 0.25) is 0 Å². The number of halogens is 1. The van der Waals surface area contributed by atoms with Gasteiger partial charge in [0.25, 0.3) is 0 Å². The first-order valence-electron chi connectivity index (χ1n) is 13.7. The van der Waals surface area contributed by atoms with Crippen molar-refractivity contribution in [2.24, 2.45) is 0 Å². The molecule has 2 amide bonds. The number of aromatic nitrogens is 3. The molecular weight excluding hydrogens is 509 g/mol. The molecule has 1 aliphatic carbocycles. The third kappa shape index (κ3) is 6.14. The first-order chi connectivity index (χ1) is 19.4. The molecule has 2 atom stereocenters. The monoisotopic (exact) mass is 543 g/mol. The van der Waals surface area contributed by atoms with Crippen LogP contribution in [0.4, 0.5) is 4.39 Å². The quantitative estimate of drug-likeness (QED) is 0.307. The molecule has 1 aliphatic rings. The molecule has 0 bridgehead atoms. The number of hydrogen-bond donors (Lipinski definition) is 1. The standard InChI is InChI=1S/C31H34FN5O3/c1-21(37-34-27-10-6-7-11-28(27)35-37)31(39)36(20-22-12-18-26(40-2)19-13-22)29(23-14-16-24(32)17-15-23)30(38)33-25-8-4-3-5-9-25/h6-7,10-19,21,25,29H,3-5,8-9,20H2,1-2H3,(H,33,38)/t21-,29-/m1/s1. The van der Waals surface area contributed by atoms with Gasteiger partial charge >= 0.3 is 0 Å². The normalized spacial score (nSPS) is 15.4. The molecule has 0 saturated heterocycles. The van der Waals surface area contributed by atoms with E-state index < -0.39 is 17.9 Å². The number of methoxy groups -OCH3 is 1. The lowest BCUT2D eigenvalue weighted by atomic mass is 9.94. The second-order valence-electron chi connectivity index (χ2n) is 10.3. The van der Waals surface area contributed by atoms with Crippen LogP contribution in [0.15, 0.2) is 72.8 Å². The number of nitrogens with zero attached hydrogens (tertiary/aromatic N) is 4. The van der Waals surface area contributed by atoms with Crippen molar-refractivity contribution in [3.8, 4) is 5.75 Å². The zero-order chi connectivity index (χ0) is 28.1. The van der Waals surface area contributed by atoms with E-state index in [2.05, 4.69) is 15.5 Å². The SMILES string of the molecule is COc1ccc(CN(C(=O)[C@@H](C)n2nc3ccccc3n2)[C@@H](C(=O)NC2CCCCC2)c2ccc(F)cc2)cc1. The van der Waals surface area contributed by atoms with E-state index in [0.29, 0.717) is 22.3 Å². The Morgan fingerprint density at radius 2 is 1.60 bits per heavy atom. The summed E-state index contributed by atoms with van der Waals surface area (Å²) in [5, 5.41) is 12.2. The molecule has 1 fully saturated rings. The van der Waals surface area contributed by atoms with Gasteiger partial charge in [-0.05, 0) is 67.3 Å². The van der Waals surface area contributed by atoms with Gasteiger partial charge in [-0.25, -0.2) is 4.39 Å². The molecule has 0 aliphatic heterocycles. The fourth-order valence-corrected chi connectivity index (χ4v) is 5.26. The predicted octanol–water partition coefficient (Wildman–Crippen LogP) is 5.36. The summed E-state index contributed by atoms with van der Waals surface area (Å²) in [5.41, 5.74) is 2.70. The number of amides is 2. The summed E-state index contributed by atoms with van der Waals surface area (Å²) in [6.07, 6.45) is 5.05. The van der Waals surface area contributed by atoms with E-state index in [9.17, 15) is 14.0 Å². The van der Waals surface area contributed by atoms with Crippen LogP contribution in [-0.2, 0) is 16.1 Å². The van der Waals surface area contributed by atoms with Crippen molar-refractivity contribution >= 4 is 22.8 Å². The van der Waals surface area contributed by atoms with Crippen LogP contribution in [-0.4, -0.2) is 44.9 Å². The topological polar surface area (TPSA) is 89.3 Å². The van der Waals surface area contributed by atoms with Gasteiger partial charge in [-0.3, -0.25) is 9.59 Å². The number of carbonyl (C=O) groups is 2. The third-order valence-electron chi connectivity index (χ3n) is 7.50. The lowest BCUT2D eigenvalue weighted by molar-refractivity contribution is -0.144. The van der Waals surface area contributed by atoms with Gasteiger partial charge in [0.1, 0.15) is 34.7 Å². The Hall–Kier alpha value is -4.27. The molecule has 3 aromatic carbocycles. The maximum absolute atomic E-state index is 14.3. The molecule has 1 heterocycles. The first kappa shape index (κ1) is 27.3. The number of rotatable bonds is 9. The van der Waals surface area contributed by atoms with Gasteiger partial charge in [-0.15, -0.1) is 0 Å². The molecule has 0 radical (unpaired) electrons. The minimum atomic E-state index is -0.982. The van der Waals surface area contributed by atoms with Crippen molar-refractivity contribution in [2.75, 3.05) is 7.11 Å². The fourth-order valence-electron chi connectivity index (χ4n) is 5.26. The van der Waals surface area contributed by atoms with Gasteiger partial charge in [-0.2, -0.15) is 15.0 Å². The van der Waals surface area contributed by atoms with Crippen LogP contribution in [0.25, 0.3) is 11.0 Å². The van der Waals surface area contributed by atoms with E-state index in [0.717, 1.165) is 37.7 Å². The second-order valence-corrected chi connectivity index (χ2v) is 10.3. The van der Waals surface area contributed by atoms with Crippen LogP contribution in [0, 0.1) is 5.82 Å². The van der Waals surface area contributed by atoms with E-state index >= 15 is 0 Å². The molecule has 5 rings (SSSR count). The highest BCUT2D eigenvalue weighted by molar-refractivity contribution is 5.90. The van der Waals surface area contributed by atoms with Crippen LogP contribution in [0.5, 0.6) is 5.75 Å². The summed E-state index contributed by atoms with van der Waals surface area (Å²) in [7, 11) is 1.59. The van der Waals surface area contributed by atoms with Gasteiger partial charge < -0.3 is 15.0 Å². The Labute approximate surface area is 233 Å². The molecule has 1 N–H and O–H groups in total. The average Bonchev–Trinajstić information content (AvgIpc) is 3.42. The van der Waals surface area contributed by atoms with Crippen LogP contribution >= 0.6 is 0 Å². The summed E-state index contributed by atoms with van der Waals surface area (Å²) >= 11 is 0. The molecule has 9 heteroatoms. The minimum Gasteiger partial charge on any atom is -0.497 e. The molecule has 40 heavy (non-hydrogen) atoms. The maximum atomic E-state index is 14.3. The average molecular weight is 544 g/mol. The van der Waals surface area contributed by atoms with Crippen molar-refractivity contribution in [1.82, 2.24) is 25.2 Å². The second kappa shape index (κ2) is 12.3. The summed E-state index contributed by atoms with van der Waals surface area (Å²) in [5.74, 6) is -0.341. The molecule has 8 nitrogen and oxygen atoms in total. The van der Waals surface area contributed by atoms with E-state index in [1.165, 1.54) is 16.9 Å². The largest absolute Gasteiger partial charge is 0.497 e. The highest BCUT2D eigenvalue weighted by atomic mass is 19.1. The van der Waals surface area contributed by atoms with Crippen molar-refractivity contribution in [3.63, 3.8) is 0 Å². The maximum Gasteiger partial charge on any atom is 0.250 e.